The molecule has 0 saturated heterocycles. The molecule has 2 aromatic rings. The fourth-order valence-corrected chi connectivity index (χ4v) is 4.72. The zero-order chi connectivity index (χ0) is 24.5. The van der Waals surface area contributed by atoms with Gasteiger partial charge < -0.3 is 20.1 Å². The van der Waals surface area contributed by atoms with E-state index in [2.05, 4.69) is 5.32 Å². The van der Waals surface area contributed by atoms with Crippen LogP contribution >= 0.6 is 0 Å². The van der Waals surface area contributed by atoms with Gasteiger partial charge in [-0.3, -0.25) is 9.59 Å². The van der Waals surface area contributed by atoms with Crippen molar-refractivity contribution < 1.29 is 33.0 Å². The number of carboxylic acid groups (broad SMARTS) is 1. The van der Waals surface area contributed by atoms with Crippen LogP contribution in [0.1, 0.15) is 30.4 Å². The van der Waals surface area contributed by atoms with E-state index in [1.54, 1.807) is 6.92 Å². The van der Waals surface area contributed by atoms with E-state index >= 15 is 0 Å². The quantitative estimate of drug-likeness (QED) is 0.580. The number of carboxylic acids is 1. The second-order valence-electron chi connectivity index (χ2n) is 8.62. The summed E-state index contributed by atoms with van der Waals surface area (Å²) in [7, 11) is 0. The number of halogens is 2. The summed E-state index contributed by atoms with van der Waals surface area (Å²) < 4.78 is 33.9. The normalized spacial score (nSPS) is 19.6. The summed E-state index contributed by atoms with van der Waals surface area (Å²) in [5.74, 6) is -8.68. The van der Waals surface area contributed by atoms with Crippen LogP contribution in [0.2, 0.25) is 0 Å². The molecule has 180 valence electrons. The first-order chi connectivity index (χ1) is 16.3. The number of rotatable bonds is 9. The summed E-state index contributed by atoms with van der Waals surface area (Å²) in [5.41, 5.74) is 4.21. The first-order valence-corrected chi connectivity index (χ1v) is 11.2. The van der Waals surface area contributed by atoms with Crippen LogP contribution < -0.4 is 5.32 Å². The molecule has 0 aromatic heterocycles. The number of benzene rings is 2. The minimum Gasteiger partial charge on any atom is -0.480 e. The molecule has 2 aromatic carbocycles. The van der Waals surface area contributed by atoms with Crippen LogP contribution in [0, 0.1) is 11.8 Å². The minimum absolute atomic E-state index is 0.0478. The number of nitrogens with zero attached hydrogens (tertiary/aromatic N) is 1. The van der Waals surface area contributed by atoms with E-state index in [0.717, 1.165) is 27.2 Å². The number of alkyl halides is 2. The van der Waals surface area contributed by atoms with E-state index in [0.29, 0.717) is 6.42 Å². The van der Waals surface area contributed by atoms with Crippen LogP contribution in [-0.2, 0) is 14.3 Å². The summed E-state index contributed by atoms with van der Waals surface area (Å²) in [6, 6.07) is 15.7. The number of hydrogen-bond donors (Lipinski definition) is 2. The predicted octanol–water partition coefficient (Wildman–Crippen LogP) is 3.73. The maximum Gasteiger partial charge on any atom is 0.407 e. The summed E-state index contributed by atoms with van der Waals surface area (Å²) in [4.78, 5) is 36.6. The molecule has 0 radical (unpaired) electrons. The van der Waals surface area contributed by atoms with Gasteiger partial charge in [-0.25, -0.2) is 13.6 Å². The standard InChI is InChI=1S/C25H26F2N2O5/c1-2-11-29(13-21(30)31)23(32)22-20(25(22,26)27)12-28-24(33)34-14-19-17-9-5-3-7-15(17)16-8-4-6-10-18(16)19/h3-10,19-20,22H,2,11-14H2,1H3,(H,28,33)(H,30,31)/t20-,22-/m0/s1. The van der Waals surface area contributed by atoms with Crippen LogP contribution in [-0.4, -0.2) is 60.1 Å². The van der Waals surface area contributed by atoms with Gasteiger partial charge >= 0.3 is 12.1 Å². The van der Waals surface area contributed by atoms with Gasteiger partial charge in [-0.1, -0.05) is 55.5 Å². The molecule has 2 amide bonds. The average Bonchev–Trinajstić information content (AvgIpc) is 3.21. The third-order valence-electron chi connectivity index (χ3n) is 6.41. The molecule has 2 aliphatic rings. The average molecular weight is 472 g/mol. The lowest BCUT2D eigenvalue weighted by atomic mass is 9.98. The van der Waals surface area contributed by atoms with Gasteiger partial charge in [0.1, 0.15) is 19.1 Å². The van der Waals surface area contributed by atoms with E-state index < -0.39 is 48.8 Å². The molecule has 0 unspecified atom stereocenters. The highest BCUT2D eigenvalue weighted by molar-refractivity contribution is 5.87. The Morgan fingerprint density at radius 3 is 2.21 bits per heavy atom. The van der Waals surface area contributed by atoms with Gasteiger partial charge in [-0.05, 0) is 28.7 Å². The number of aliphatic carboxylic acids is 1. The van der Waals surface area contributed by atoms with Crippen molar-refractivity contribution in [2.24, 2.45) is 11.8 Å². The smallest absolute Gasteiger partial charge is 0.407 e. The van der Waals surface area contributed by atoms with Crippen LogP contribution in [0.5, 0.6) is 0 Å². The Morgan fingerprint density at radius 1 is 1.06 bits per heavy atom. The highest BCUT2D eigenvalue weighted by Crippen LogP contribution is 2.55. The molecule has 4 rings (SSSR count). The van der Waals surface area contributed by atoms with Crippen molar-refractivity contribution >= 4 is 18.0 Å². The number of amides is 2. The molecule has 2 N–H and O–H groups in total. The van der Waals surface area contributed by atoms with Gasteiger partial charge in [0.05, 0.1) is 5.92 Å². The fourth-order valence-electron chi connectivity index (χ4n) is 4.72. The van der Waals surface area contributed by atoms with Crippen molar-refractivity contribution in [3.8, 4) is 11.1 Å². The lowest BCUT2D eigenvalue weighted by molar-refractivity contribution is -0.146. The van der Waals surface area contributed by atoms with E-state index in [1.807, 2.05) is 48.5 Å². The number of alkyl carbamates (subject to hydrolysis) is 1. The molecule has 1 saturated carbocycles. The Kier molecular flexibility index (Phi) is 6.54. The van der Waals surface area contributed by atoms with Gasteiger partial charge in [-0.2, -0.15) is 0 Å². The molecule has 34 heavy (non-hydrogen) atoms. The Balaban J connectivity index is 1.33. The number of hydrogen-bond acceptors (Lipinski definition) is 4. The molecule has 2 aliphatic carbocycles. The SMILES string of the molecule is CCCN(CC(=O)O)C(=O)[C@@H]1[C@H](CNC(=O)OCC2c3ccccc3-c3ccccc32)C1(F)F. The summed E-state index contributed by atoms with van der Waals surface area (Å²) in [5, 5.41) is 11.3. The summed E-state index contributed by atoms with van der Waals surface area (Å²) in [6.07, 6.45) is -0.397. The van der Waals surface area contributed by atoms with Crippen molar-refractivity contribution in [3.05, 3.63) is 59.7 Å². The van der Waals surface area contributed by atoms with Crippen molar-refractivity contribution in [3.63, 3.8) is 0 Å². The number of carbonyl (C=O) groups is 3. The molecule has 0 spiro atoms. The monoisotopic (exact) mass is 472 g/mol. The van der Waals surface area contributed by atoms with Crippen LogP contribution in [0.3, 0.4) is 0 Å². The molecule has 9 heteroatoms. The minimum atomic E-state index is -3.31. The van der Waals surface area contributed by atoms with Crippen molar-refractivity contribution in [2.45, 2.75) is 25.2 Å². The van der Waals surface area contributed by atoms with Crippen molar-refractivity contribution in [2.75, 3.05) is 26.2 Å². The summed E-state index contributed by atoms with van der Waals surface area (Å²) in [6.45, 7) is 0.776. The van der Waals surface area contributed by atoms with Gasteiger partial charge in [0, 0.05) is 19.0 Å². The second kappa shape index (κ2) is 9.40. The van der Waals surface area contributed by atoms with Gasteiger partial charge in [0.15, 0.2) is 0 Å². The van der Waals surface area contributed by atoms with Crippen LogP contribution in [0.25, 0.3) is 11.1 Å². The zero-order valence-corrected chi connectivity index (χ0v) is 18.7. The maximum absolute atomic E-state index is 14.3. The Bertz CT molecular complexity index is 1060. The predicted molar refractivity (Wildman–Crippen MR) is 120 cm³/mol. The Morgan fingerprint density at radius 2 is 1.65 bits per heavy atom. The third kappa shape index (κ3) is 4.47. The summed E-state index contributed by atoms with van der Waals surface area (Å²) >= 11 is 0. The molecule has 0 heterocycles. The molecule has 0 bridgehead atoms. The number of carbonyl (C=O) groups excluding carboxylic acids is 2. The van der Waals surface area contributed by atoms with E-state index in [4.69, 9.17) is 9.84 Å². The topological polar surface area (TPSA) is 95.9 Å². The van der Waals surface area contributed by atoms with Crippen molar-refractivity contribution in [1.29, 1.82) is 0 Å². The molecule has 2 atom stereocenters. The molecule has 1 fully saturated rings. The molecular weight excluding hydrogens is 446 g/mol. The molecular formula is C25H26F2N2O5. The van der Waals surface area contributed by atoms with E-state index in [-0.39, 0.29) is 19.1 Å². The zero-order valence-electron chi connectivity index (χ0n) is 18.7. The van der Waals surface area contributed by atoms with Gasteiger partial charge in [0.2, 0.25) is 5.91 Å². The fraction of sp³-hybridized carbons (Fsp3) is 0.400. The molecule has 0 aliphatic heterocycles. The van der Waals surface area contributed by atoms with Gasteiger partial charge in [-0.15, -0.1) is 0 Å². The lowest BCUT2D eigenvalue weighted by Crippen LogP contribution is -2.38. The number of nitrogens with one attached hydrogen (secondary N) is 1. The van der Waals surface area contributed by atoms with Crippen LogP contribution in [0.15, 0.2) is 48.5 Å². The highest BCUT2D eigenvalue weighted by atomic mass is 19.3. The number of ether oxygens (including phenoxy) is 1. The van der Waals surface area contributed by atoms with E-state index in [1.165, 1.54) is 0 Å². The van der Waals surface area contributed by atoms with Gasteiger partial charge in [0.25, 0.3) is 5.92 Å². The maximum atomic E-state index is 14.3. The number of fused-ring (bicyclic) bond motifs is 3. The molecule has 7 nitrogen and oxygen atoms in total. The largest absolute Gasteiger partial charge is 0.480 e. The van der Waals surface area contributed by atoms with Crippen molar-refractivity contribution in [1.82, 2.24) is 10.2 Å². The Labute approximate surface area is 195 Å². The first-order valence-electron chi connectivity index (χ1n) is 11.2. The first kappa shape index (κ1) is 23.7. The van der Waals surface area contributed by atoms with E-state index in [9.17, 15) is 23.2 Å². The van der Waals surface area contributed by atoms with Crippen LogP contribution in [0.4, 0.5) is 13.6 Å². The lowest BCUT2D eigenvalue weighted by Gasteiger charge is -2.19. The Hall–Kier alpha value is -3.49. The highest BCUT2D eigenvalue weighted by Gasteiger charge is 2.72. The third-order valence-corrected chi connectivity index (χ3v) is 6.41. The second-order valence-corrected chi connectivity index (χ2v) is 8.62.